The van der Waals surface area contributed by atoms with Gasteiger partial charge in [0.25, 0.3) is 0 Å². The molecule has 0 bridgehead atoms. The minimum atomic E-state index is -0.00116. The van der Waals surface area contributed by atoms with E-state index in [-0.39, 0.29) is 23.2 Å². The van der Waals surface area contributed by atoms with Crippen molar-refractivity contribution in [1.29, 1.82) is 0 Å². The van der Waals surface area contributed by atoms with E-state index in [0.29, 0.717) is 0 Å². The average Bonchev–Trinajstić information content (AvgIpc) is 3.14. The van der Waals surface area contributed by atoms with Gasteiger partial charge < -0.3 is 15.4 Å². The van der Waals surface area contributed by atoms with Crippen molar-refractivity contribution in [3.8, 4) is 0 Å². The zero-order chi connectivity index (χ0) is 16.3. The highest BCUT2D eigenvalue weighted by Gasteiger charge is 2.39. The second kappa shape index (κ2) is 7.01. The summed E-state index contributed by atoms with van der Waals surface area (Å²) in [6.07, 6.45) is 8.60. The molecule has 6 heteroatoms. The highest BCUT2D eigenvalue weighted by molar-refractivity contribution is 5.80. The van der Waals surface area contributed by atoms with E-state index in [0.717, 1.165) is 38.2 Å². The highest BCUT2D eigenvalue weighted by atomic mass is 16.5. The first-order valence-corrected chi connectivity index (χ1v) is 8.59. The lowest BCUT2D eigenvalue weighted by molar-refractivity contribution is -0.125. The van der Waals surface area contributed by atoms with Gasteiger partial charge >= 0.3 is 0 Å². The average molecular weight is 320 g/mol. The largest absolute Gasteiger partial charge is 0.385 e. The number of aryl methyl sites for hydroxylation is 1. The number of aromatic nitrogens is 2. The van der Waals surface area contributed by atoms with E-state index < -0.39 is 0 Å². The van der Waals surface area contributed by atoms with E-state index in [1.54, 1.807) is 11.8 Å². The van der Waals surface area contributed by atoms with Crippen LogP contribution in [0, 0.1) is 11.3 Å². The molecule has 1 saturated carbocycles. The minimum Gasteiger partial charge on any atom is -0.385 e. The first-order chi connectivity index (χ1) is 11.1. The van der Waals surface area contributed by atoms with Crippen molar-refractivity contribution in [2.45, 2.75) is 31.6 Å². The van der Waals surface area contributed by atoms with Crippen molar-refractivity contribution in [1.82, 2.24) is 20.4 Å². The van der Waals surface area contributed by atoms with Crippen LogP contribution in [0.4, 0.5) is 0 Å². The van der Waals surface area contributed by atoms with Gasteiger partial charge in [0.1, 0.15) is 0 Å². The van der Waals surface area contributed by atoms with Crippen LogP contribution in [0.1, 0.15) is 37.2 Å². The van der Waals surface area contributed by atoms with Crippen LogP contribution in [0.25, 0.3) is 0 Å². The quantitative estimate of drug-likeness (QED) is 0.788. The van der Waals surface area contributed by atoms with E-state index in [4.69, 9.17) is 4.74 Å². The fourth-order valence-electron chi connectivity index (χ4n) is 3.85. The standard InChI is InChI=1S/C17H28N4O2/c1-21-11-13(8-20-21)14-9-18-10-15(14)16(22)19-12-17(4-3-5-17)6-7-23-2/h8,11,14-15,18H,3-7,9-10,12H2,1-2H3,(H,19,22)/t14-,15+/m1/s1. The van der Waals surface area contributed by atoms with E-state index >= 15 is 0 Å². The Morgan fingerprint density at radius 1 is 1.52 bits per heavy atom. The Hall–Kier alpha value is -1.40. The van der Waals surface area contributed by atoms with Crippen molar-refractivity contribution >= 4 is 5.91 Å². The molecule has 2 fully saturated rings. The fourth-order valence-corrected chi connectivity index (χ4v) is 3.85. The molecule has 2 atom stereocenters. The van der Waals surface area contributed by atoms with Gasteiger partial charge in [-0.3, -0.25) is 9.48 Å². The molecule has 3 rings (SSSR count). The van der Waals surface area contributed by atoms with Crippen LogP contribution in [0.2, 0.25) is 0 Å². The van der Waals surface area contributed by atoms with Crippen molar-refractivity contribution in [2.24, 2.45) is 18.4 Å². The number of methoxy groups -OCH3 is 1. The Balaban J connectivity index is 1.57. The van der Waals surface area contributed by atoms with Crippen LogP contribution < -0.4 is 10.6 Å². The number of hydrogen-bond acceptors (Lipinski definition) is 4. The lowest BCUT2D eigenvalue weighted by Gasteiger charge is -2.42. The summed E-state index contributed by atoms with van der Waals surface area (Å²) in [5.41, 5.74) is 1.41. The molecule has 128 valence electrons. The van der Waals surface area contributed by atoms with Gasteiger partial charge in [-0.15, -0.1) is 0 Å². The molecule has 1 aromatic heterocycles. The minimum absolute atomic E-state index is 0.00116. The molecule has 0 spiro atoms. The summed E-state index contributed by atoms with van der Waals surface area (Å²) in [6, 6.07) is 0. The van der Waals surface area contributed by atoms with Gasteiger partial charge in [0.05, 0.1) is 12.1 Å². The zero-order valence-electron chi connectivity index (χ0n) is 14.2. The lowest BCUT2D eigenvalue weighted by Crippen LogP contribution is -2.45. The van der Waals surface area contributed by atoms with Gasteiger partial charge in [-0.25, -0.2) is 0 Å². The number of nitrogens with one attached hydrogen (secondary N) is 2. The Morgan fingerprint density at radius 2 is 2.35 bits per heavy atom. The molecule has 6 nitrogen and oxygen atoms in total. The number of amides is 1. The monoisotopic (exact) mass is 320 g/mol. The molecule has 1 aliphatic carbocycles. The maximum Gasteiger partial charge on any atom is 0.225 e. The van der Waals surface area contributed by atoms with E-state index in [1.165, 1.54) is 19.3 Å². The molecule has 1 saturated heterocycles. The summed E-state index contributed by atoms with van der Waals surface area (Å²) >= 11 is 0. The van der Waals surface area contributed by atoms with Crippen LogP contribution in [-0.2, 0) is 16.6 Å². The Bertz CT molecular complexity index is 538. The third-order valence-electron chi connectivity index (χ3n) is 5.59. The van der Waals surface area contributed by atoms with Gasteiger partial charge in [0, 0.05) is 52.5 Å². The molecule has 0 unspecified atom stereocenters. The van der Waals surface area contributed by atoms with E-state index in [1.807, 2.05) is 19.4 Å². The Labute approximate surface area is 138 Å². The van der Waals surface area contributed by atoms with Gasteiger partial charge in [-0.2, -0.15) is 5.10 Å². The van der Waals surface area contributed by atoms with Crippen LogP contribution >= 0.6 is 0 Å². The number of ether oxygens (including phenoxy) is 1. The van der Waals surface area contributed by atoms with Gasteiger partial charge in [-0.05, 0) is 30.2 Å². The molecule has 1 aliphatic heterocycles. The van der Waals surface area contributed by atoms with Crippen molar-refractivity contribution in [3.63, 3.8) is 0 Å². The van der Waals surface area contributed by atoms with E-state index in [2.05, 4.69) is 15.7 Å². The van der Waals surface area contributed by atoms with Gasteiger partial charge in [-0.1, -0.05) is 6.42 Å². The maximum absolute atomic E-state index is 12.7. The van der Waals surface area contributed by atoms with Gasteiger partial charge in [0.2, 0.25) is 5.91 Å². The number of nitrogens with zero attached hydrogens (tertiary/aromatic N) is 2. The summed E-state index contributed by atoms with van der Waals surface area (Å²) < 4.78 is 7.03. The molecular weight excluding hydrogens is 292 g/mol. The predicted octanol–water partition coefficient (Wildman–Crippen LogP) is 1.05. The van der Waals surface area contributed by atoms with Crippen LogP contribution in [0.15, 0.2) is 12.4 Å². The lowest BCUT2D eigenvalue weighted by atomic mass is 9.66. The van der Waals surface area contributed by atoms with Crippen LogP contribution in [0.3, 0.4) is 0 Å². The summed E-state index contributed by atoms with van der Waals surface area (Å²) in [5, 5.41) is 10.8. The maximum atomic E-state index is 12.7. The van der Waals surface area contributed by atoms with Crippen molar-refractivity contribution in [3.05, 3.63) is 18.0 Å². The first-order valence-electron chi connectivity index (χ1n) is 8.59. The first kappa shape index (κ1) is 16.5. The summed E-state index contributed by atoms with van der Waals surface area (Å²) in [6.45, 7) is 3.15. The second-order valence-electron chi connectivity index (χ2n) is 7.13. The molecule has 23 heavy (non-hydrogen) atoms. The number of carbonyl (C=O) groups excluding carboxylic acids is 1. The zero-order valence-corrected chi connectivity index (χ0v) is 14.2. The molecule has 2 heterocycles. The smallest absolute Gasteiger partial charge is 0.225 e. The summed E-state index contributed by atoms with van der Waals surface area (Å²) in [7, 11) is 3.66. The molecular formula is C17H28N4O2. The van der Waals surface area contributed by atoms with Crippen LogP contribution in [0.5, 0.6) is 0 Å². The fraction of sp³-hybridized carbons (Fsp3) is 0.765. The SMILES string of the molecule is COCCC1(CNC(=O)[C@H]2CNC[C@@H]2c2cnn(C)c2)CCC1. The Kier molecular flexibility index (Phi) is 5.02. The molecule has 1 aromatic rings. The molecule has 0 aromatic carbocycles. The van der Waals surface area contributed by atoms with Crippen molar-refractivity contribution in [2.75, 3.05) is 33.4 Å². The number of hydrogen-bond donors (Lipinski definition) is 2. The third-order valence-corrected chi connectivity index (χ3v) is 5.59. The van der Waals surface area contributed by atoms with Crippen molar-refractivity contribution < 1.29 is 9.53 Å². The molecule has 1 amide bonds. The second-order valence-corrected chi connectivity index (χ2v) is 7.13. The van der Waals surface area contributed by atoms with Gasteiger partial charge in [0.15, 0.2) is 0 Å². The Morgan fingerprint density at radius 3 is 2.96 bits per heavy atom. The number of carbonyl (C=O) groups is 1. The molecule has 0 radical (unpaired) electrons. The third kappa shape index (κ3) is 3.58. The van der Waals surface area contributed by atoms with E-state index in [9.17, 15) is 4.79 Å². The number of rotatable bonds is 7. The molecule has 2 N–H and O–H groups in total. The van der Waals surface area contributed by atoms with Crippen LogP contribution in [-0.4, -0.2) is 49.0 Å². The normalized spacial score (nSPS) is 26.0. The highest BCUT2D eigenvalue weighted by Crippen LogP contribution is 2.43. The molecule has 2 aliphatic rings. The summed E-state index contributed by atoms with van der Waals surface area (Å²) in [4.78, 5) is 12.7. The topological polar surface area (TPSA) is 68.2 Å². The summed E-state index contributed by atoms with van der Waals surface area (Å²) in [5.74, 6) is 0.395. The predicted molar refractivity (Wildman–Crippen MR) is 88.1 cm³/mol.